The van der Waals surface area contributed by atoms with Crippen LogP contribution in [-0.2, 0) is 5.75 Å². The van der Waals surface area contributed by atoms with E-state index in [4.69, 9.17) is 4.42 Å². The molecule has 0 bridgehead atoms. The Morgan fingerprint density at radius 3 is 2.92 bits per heavy atom. The molecule has 13 heavy (non-hydrogen) atoms. The summed E-state index contributed by atoms with van der Waals surface area (Å²) < 4.78 is 5.39. The zero-order chi connectivity index (χ0) is 9.52. The average Bonchev–Trinajstić information content (AvgIpc) is 2.54. The summed E-state index contributed by atoms with van der Waals surface area (Å²) in [5.41, 5.74) is 0. The van der Waals surface area contributed by atoms with Gasteiger partial charge in [-0.25, -0.2) is 0 Å². The molecule has 0 fully saturated rings. The summed E-state index contributed by atoms with van der Waals surface area (Å²) in [6.07, 6.45) is 4.43. The van der Waals surface area contributed by atoms with Crippen molar-refractivity contribution < 1.29 is 4.42 Å². The molecule has 1 aromatic rings. The molecule has 0 radical (unpaired) electrons. The van der Waals surface area contributed by atoms with E-state index in [1.165, 1.54) is 12.8 Å². The average molecular weight is 218 g/mol. The van der Waals surface area contributed by atoms with E-state index in [-0.39, 0.29) is 0 Å². The molecule has 0 N–H and O–H groups in total. The van der Waals surface area contributed by atoms with E-state index >= 15 is 0 Å². The molecule has 0 saturated carbocycles. The Morgan fingerprint density at radius 2 is 2.23 bits per heavy atom. The smallest absolute Gasteiger partial charge is 0.276 e. The van der Waals surface area contributed by atoms with Crippen LogP contribution in [0.4, 0.5) is 0 Å². The fourth-order valence-corrected chi connectivity index (χ4v) is 2.01. The minimum absolute atomic E-state index is 0.706. The lowest BCUT2D eigenvalue weighted by Crippen LogP contribution is -1.78. The van der Waals surface area contributed by atoms with E-state index in [1.807, 2.05) is 6.26 Å². The van der Waals surface area contributed by atoms with Crippen LogP contribution < -0.4 is 0 Å². The van der Waals surface area contributed by atoms with Crippen LogP contribution >= 0.6 is 23.5 Å². The van der Waals surface area contributed by atoms with Crippen LogP contribution in [-0.4, -0.2) is 22.2 Å². The highest BCUT2D eigenvalue weighted by atomic mass is 32.2. The van der Waals surface area contributed by atoms with Crippen molar-refractivity contribution >= 4 is 23.5 Å². The highest BCUT2D eigenvalue weighted by Crippen LogP contribution is 2.18. The van der Waals surface area contributed by atoms with Gasteiger partial charge in [0.2, 0.25) is 5.89 Å². The van der Waals surface area contributed by atoms with Crippen LogP contribution in [0, 0.1) is 0 Å². The minimum atomic E-state index is 0.706. The lowest BCUT2D eigenvalue weighted by molar-refractivity contribution is 0.426. The van der Waals surface area contributed by atoms with Crippen molar-refractivity contribution in [1.82, 2.24) is 10.2 Å². The largest absolute Gasteiger partial charge is 0.415 e. The summed E-state index contributed by atoms with van der Waals surface area (Å²) in [5.74, 6) is 2.60. The highest BCUT2D eigenvalue weighted by molar-refractivity contribution is 7.99. The standard InChI is InChI=1S/C8H14N2OS2/c1-3-4-5-13-8-10-9-7(11-8)6-12-2/h3-6H2,1-2H3. The van der Waals surface area contributed by atoms with E-state index in [2.05, 4.69) is 17.1 Å². The molecule has 5 heteroatoms. The summed E-state index contributed by atoms with van der Waals surface area (Å²) in [7, 11) is 0. The molecule has 0 atom stereocenters. The summed E-state index contributed by atoms with van der Waals surface area (Å²) in [6, 6.07) is 0. The summed E-state index contributed by atoms with van der Waals surface area (Å²) in [6.45, 7) is 2.17. The number of unbranched alkanes of at least 4 members (excludes halogenated alkanes) is 1. The van der Waals surface area contributed by atoms with Crippen molar-refractivity contribution in [3.05, 3.63) is 5.89 Å². The topological polar surface area (TPSA) is 38.9 Å². The van der Waals surface area contributed by atoms with Gasteiger partial charge in [-0.2, -0.15) is 11.8 Å². The summed E-state index contributed by atoms with van der Waals surface area (Å²) in [5, 5.41) is 8.57. The Kier molecular flexibility index (Phi) is 5.31. The second-order valence-corrected chi connectivity index (χ2v) is 4.51. The molecular formula is C8H14N2OS2. The van der Waals surface area contributed by atoms with Gasteiger partial charge >= 0.3 is 0 Å². The Morgan fingerprint density at radius 1 is 1.38 bits per heavy atom. The van der Waals surface area contributed by atoms with Crippen LogP contribution in [0.3, 0.4) is 0 Å². The summed E-state index contributed by atoms with van der Waals surface area (Å²) in [4.78, 5) is 0. The predicted octanol–water partition coefficient (Wildman–Crippen LogP) is 2.82. The third-order valence-corrected chi connectivity index (χ3v) is 2.88. The van der Waals surface area contributed by atoms with Gasteiger partial charge in [-0.05, 0) is 12.7 Å². The second kappa shape index (κ2) is 6.32. The van der Waals surface area contributed by atoms with Gasteiger partial charge < -0.3 is 4.42 Å². The van der Waals surface area contributed by atoms with Crippen molar-refractivity contribution in [1.29, 1.82) is 0 Å². The van der Waals surface area contributed by atoms with Crippen molar-refractivity contribution in [2.24, 2.45) is 0 Å². The number of hydrogen-bond donors (Lipinski definition) is 0. The van der Waals surface area contributed by atoms with Crippen LogP contribution in [0.15, 0.2) is 9.64 Å². The molecule has 0 aromatic carbocycles. The van der Waals surface area contributed by atoms with Crippen molar-refractivity contribution in [2.45, 2.75) is 30.7 Å². The minimum Gasteiger partial charge on any atom is -0.415 e. The van der Waals surface area contributed by atoms with Gasteiger partial charge in [-0.3, -0.25) is 0 Å². The van der Waals surface area contributed by atoms with Gasteiger partial charge in [0.25, 0.3) is 5.22 Å². The van der Waals surface area contributed by atoms with Crippen molar-refractivity contribution in [2.75, 3.05) is 12.0 Å². The van der Waals surface area contributed by atoms with Gasteiger partial charge in [-0.15, -0.1) is 10.2 Å². The van der Waals surface area contributed by atoms with Gasteiger partial charge in [0.15, 0.2) is 0 Å². The number of rotatable bonds is 6. The Hall–Kier alpha value is -0.160. The molecule has 1 heterocycles. The van der Waals surface area contributed by atoms with Crippen LogP contribution in [0.2, 0.25) is 0 Å². The molecule has 1 rings (SSSR count). The molecule has 0 aliphatic rings. The van der Waals surface area contributed by atoms with Crippen LogP contribution in [0.25, 0.3) is 0 Å². The third-order valence-electron chi connectivity index (χ3n) is 1.44. The predicted molar refractivity (Wildman–Crippen MR) is 57.1 cm³/mol. The molecule has 0 aliphatic carbocycles. The Balaban J connectivity index is 2.31. The second-order valence-electron chi connectivity index (χ2n) is 2.60. The first-order valence-corrected chi connectivity index (χ1v) is 6.69. The molecule has 0 saturated heterocycles. The molecule has 3 nitrogen and oxygen atoms in total. The Bertz CT molecular complexity index is 240. The first kappa shape index (κ1) is 10.9. The van der Waals surface area contributed by atoms with E-state index < -0.39 is 0 Å². The lowest BCUT2D eigenvalue weighted by Gasteiger charge is -1.92. The fraction of sp³-hybridized carbons (Fsp3) is 0.750. The van der Waals surface area contributed by atoms with Crippen LogP contribution in [0.5, 0.6) is 0 Å². The lowest BCUT2D eigenvalue weighted by atomic mass is 10.4. The van der Waals surface area contributed by atoms with Gasteiger partial charge in [0.1, 0.15) is 0 Å². The molecule has 1 aromatic heterocycles. The molecule has 0 aliphatic heterocycles. The SMILES string of the molecule is CCCCSc1nnc(CSC)o1. The molecular weight excluding hydrogens is 204 g/mol. The van der Waals surface area contributed by atoms with E-state index in [0.29, 0.717) is 5.22 Å². The van der Waals surface area contributed by atoms with Gasteiger partial charge in [0, 0.05) is 5.75 Å². The molecule has 0 unspecified atom stereocenters. The van der Waals surface area contributed by atoms with Gasteiger partial charge in [-0.1, -0.05) is 25.1 Å². The third kappa shape index (κ3) is 4.04. The number of thioether (sulfide) groups is 2. The van der Waals surface area contributed by atoms with Crippen molar-refractivity contribution in [3.63, 3.8) is 0 Å². The highest BCUT2D eigenvalue weighted by Gasteiger charge is 2.04. The van der Waals surface area contributed by atoms with E-state index in [9.17, 15) is 0 Å². The maximum Gasteiger partial charge on any atom is 0.276 e. The van der Waals surface area contributed by atoms with E-state index in [1.54, 1.807) is 23.5 Å². The number of nitrogens with zero attached hydrogens (tertiary/aromatic N) is 2. The first-order chi connectivity index (χ1) is 6.36. The first-order valence-electron chi connectivity index (χ1n) is 4.31. The Labute approximate surface area is 87.1 Å². The maximum atomic E-state index is 5.39. The number of hydrogen-bond acceptors (Lipinski definition) is 5. The van der Waals surface area contributed by atoms with E-state index in [0.717, 1.165) is 17.4 Å². The van der Waals surface area contributed by atoms with Crippen LogP contribution in [0.1, 0.15) is 25.7 Å². The molecule has 0 spiro atoms. The summed E-state index contributed by atoms with van der Waals surface area (Å²) >= 11 is 3.33. The normalized spacial score (nSPS) is 10.6. The number of aromatic nitrogens is 2. The zero-order valence-electron chi connectivity index (χ0n) is 7.95. The molecule has 0 amide bonds. The van der Waals surface area contributed by atoms with Gasteiger partial charge in [0.05, 0.1) is 5.75 Å². The maximum absolute atomic E-state index is 5.39. The zero-order valence-corrected chi connectivity index (χ0v) is 9.58. The monoisotopic (exact) mass is 218 g/mol. The quantitative estimate of drug-likeness (QED) is 0.542. The fourth-order valence-electron chi connectivity index (χ4n) is 0.782. The van der Waals surface area contributed by atoms with Crippen molar-refractivity contribution in [3.8, 4) is 0 Å². The molecule has 74 valence electrons.